The van der Waals surface area contributed by atoms with E-state index in [-0.39, 0.29) is 23.7 Å². The molecule has 0 spiro atoms. The van der Waals surface area contributed by atoms with Gasteiger partial charge in [-0.05, 0) is 46.7 Å². The van der Waals surface area contributed by atoms with Crippen molar-refractivity contribution in [3.05, 3.63) is 0 Å². The molecule has 1 rings (SSSR count). The Kier molecular flexibility index (Phi) is 5.12. The number of carbonyl (C=O) groups is 2. The summed E-state index contributed by atoms with van der Waals surface area (Å²) in [5.74, 6) is 0.667. The van der Waals surface area contributed by atoms with Crippen molar-refractivity contribution in [2.24, 2.45) is 5.92 Å². The summed E-state index contributed by atoms with van der Waals surface area (Å²) in [6, 6.07) is 0.247. The largest absolute Gasteiger partial charge is 0.342 e. The molecule has 1 heterocycles. The summed E-state index contributed by atoms with van der Waals surface area (Å²) in [5.41, 5.74) is 0. The van der Waals surface area contributed by atoms with E-state index in [1.165, 1.54) is 0 Å². The molecule has 1 fully saturated rings. The Morgan fingerprint density at radius 2 is 1.82 bits per heavy atom. The van der Waals surface area contributed by atoms with Crippen LogP contribution in [0.5, 0.6) is 0 Å². The molecule has 0 saturated carbocycles. The first-order valence-corrected chi connectivity index (χ1v) is 6.40. The molecule has 0 unspecified atom stereocenters. The van der Waals surface area contributed by atoms with E-state index in [0.717, 1.165) is 25.9 Å². The van der Waals surface area contributed by atoms with Gasteiger partial charge in [-0.3, -0.25) is 14.5 Å². The molecule has 98 valence electrons. The number of rotatable bonds is 4. The minimum atomic E-state index is 0.168. The van der Waals surface area contributed by atoms with Gasteiger partial charge in [-0.1, -0.05) is 0 Å². The smallest absolute Gasteiger partial charge is 0.236 e. The van der Waals surface area contributed by atoms with Crippen molar-refractivity contribution in [3.63, 3.8) is 0 Å². The molecular weight excluding hydrogens is 216 g/mol. The van der Waals surface area contributed by atoms with Gasteiger partial charge in [0.15, 0.2) is 0 Å². The quantitative estimate of drug-likeness (QED) is 0.740. The lowest BCUT2D eigenvalue weighted by Crippen LogP contribution is -2.44. The molecule has 4 nitrogen and oxygen atoms in total. The first-order valence-electron chi connectivity index (χ1n) is 6.40. The predicted octanol–water partition coefficient (Wildman–Crippen LogP) is 1.15. The molecule has 17 heavy (non-hydrogen) atoms. The van der Waals surface area contributed by atoms with Gasteiger partial charge in [0.05, 0.1) is 6.54 Å². The molecule has 4 heteroatoms. The van der Waals surface area contributed by atoms with Crippen LogP contribution in [0.15, 0.2) is 0 Å². The number of hydrogen-bond donors (Lipinski definition) is 0. The molecule has 0 aromatic heterocycles. The highest BCUT2D eigenvalue weighted by Gasteiger charge is 2.24. The van der Waals surface area contributed by atoms with Crippen LogP contribution in [0.3, 0.4) is 0 Å². The minimum Gasteiger partial charge on any atom is -0.342 e. The number of likely N-dealkylation sites (tertiary alicyclic amines) is 1. The number of ketones is 1. The van der Waals surface area contributed by atoms with Crippen LogP contribution in [-0.4, -0.2) is 54.2 Å². The number of Topliss-reactive ketones (excluding diaryl/α,β-unsaturated/α-hetero) is 1. The van der Waals surface area contributed by atoms with Crippen molar-refractivity contribution in [2.45, 2.75) is 39.7 Å². The van der Waals surface area contributed by atoms with Gasteiger partial charge in [0.1, 0.15) is 5.78 Å². The van der Waals surface area contributed by atoms with Crippen LogP contribution in [0.4, 0.5) is 0 Å². The lowest BCUT2D eigenvalue weighted by atomic mass is 9.93. The van der Waals surface area contributed by atoms with Crippen molar-refractivity contribution >= 4 is 11.7 Å². The monoisotopic (exact) mass is 240 g/mol. The van der Waals surface area contributed by atoms with Gasteiger partial charge >= 0.3 is 0 Å². The number of piperidine rings is 1. The number of amides is 1. The highest BCUT2D eigenvalue weighted by molar-refractivity contribution is 5.79. The van der Waals surface area contributed by atoms with Crippen LogP contribution in [0, 0.1) is 5.92 Å². The predicted molar refractivity (Wildman–Crippen MR) is 67.8 cm³/mol. The van der Waals surface area contributed by atoms with Crippen molar-refractivity contribution in [1.29, 1.82) is 0 Å². The number of hydrogen-bond acceptors (Lipinski definition) is 3. The molecule has 0 aromatic rings. The number of carbonyl (C=O) groups excluding carboxylic acids is 2. The molecular formula is C13H24N2O2. The molecule has 0 aliphatic carbocycles. The third-order valence-electron chi connectivity index (χ3n) is 3.69. The normalized spacial score (nSPS) is 18.4. The molecule has 1 amide bonds. The molecule has 0 bridgehead atoms. The molecule has 1 aliphatic heterocycles. The van der Waals surface area contributed by atoms with E-state index in [4.69, 9.17) is 0 Å². The average molecular weight is 240 g/mol. The molecule has 0 N–H and O–H groups in total. The fourth-order valence-electron chi connectivity index (χ4n) is 2.09. The van der Waals surface area contributed by atoms with Crippen LogP contribution < -0.4 is 0 Å². The maximum atomic E-state index is 11.9. The van der Waals surface area contributed by atoms with Gasteiger partial charge in [-0.15, -0.1) is 0 Å². The van der Waals surface area contributed by atoms with E-state index >= 15 is 0 Å². The third-order valence-corrected chi connectivity index (χ3v) is 3.69. The minimum absolute atomic E-state index is 0.168. The molecule has 0 radical (unpaired) electrons. The highest BCUT2D eigenvalue weighted by atomic mass is 16.2. The zero-order valence-electron chi connectivity index (χ0n) is 11.4. The van der Waals surface area contributed by atoms with Crippen molar-refractivity contribution in [3.8, 4) is 0 Å². The summed E-state index contributed by atoms with van der Waals surface area (Å²) >= 11 is 0. The van der Waals surface area contributed by atoms with E-state index < -0.39 is 0 Å². The van der Waals surface area contributed by atoms with Gasteiger partial charge in [-0.25, -0.2) is 0 Å². The van der Waals surface area contributed by atoms with E-state index in [1.807, 2.05) is 20.9 Å². The fourth-order valence-corrected chi connectivity index (χ4v) is 2.09. The third kappa shape index (κ3) is 4.11. The summed E-state index contributed by atoms with van der Waals surface area (Å²) in [7, 11) is 1.84. The van der Waals surface area contributed by atoms with Crippen molar-refractivity contribution in [1.82, 2.24) is 9.80 Å². The highest BCUT2D eigenvalue weighted by Crippen LogP contribution is 2.17. The Balaban J connectivity index is 2.35. The van der Waals surface area contributed by atoms with Gasteiger partial charge in [0.2, 0.25) is 5.91 Å². The SMILES string of the molecule is CC(=O)C1CCN(CC(=O)N(C)C(C)C)CC1. The summed E-state index contributed by atoms with van der Waals surface area (Å²) < 4.78 is 0. The summed E-state index contributed by atoms with van der Waals surface area (Å²) in [4.78, 5) is 27.0. The first-order chi connectivity index (χ1) is 7.91. The van der Waals surface area contributed by atoms with Crippen LogP contribution in [0.2, 0.25) is 0 Å². The van der Waals surface area contributed by atoms with Gasteiger partial charge in [0.25, 0.3) is 0 Å². The fraction of sp³-hybridized carbons (Fsp3) is 0.846. The first kappa shape index (κ1) is 14.2. The lowest BCUT2D eigenvalue weighted by Gasteiger charge is -2.32. The second kappa shape index (κ2) is 6.15. The summed E-state index contributed by atoms with van der Waals surface area (Å²) in [6.07, 6.45) is 1.79. The Bertz CT molecular complexity index is 281. The second-order valence-electron chi connectivity index (χ2n) is 5.26. The molecule has 1 saturated heterocycles. The topological polar surface area (TPSA) is 40.6 Å². The summed E-state index contributed by atoms with van der Waals surface area (Å²) in [6.45, 7) is 7.90. The van der Waals surface area contributed by atoms with Crippen LogP contribution in [0.1, 0.15) is 33.6 Å². The van der Waals surface area contributed by atoms with Crippen LogP contribution in [0.25, 0.3) is 0 Å². The van der Waals surface area contributed by atoms with Crippen molar-refractivity contribution in [2.75, 3.05) is 26.7 Å². The standard InChI is InChI=1S/C13H24N2O2/c1-10(2)14(4)13(17)9-15-7-5-12(6-8-15)11(3)16/h10,12H,5-9H2,1-4H3. The maximum absolute atomic E-state index is 11.9. The summed E-state index contributed by atoms with van der Waals surface area (Å²) in [5, 5.41) is 0. The zero-order valence-corrected chi connectivity index (χ0v) is 11.4. The van der Waals surface area contributed by atoms with Gasteiger partial charge < -0.3 is 4.90 Å². The zero-order chi connectivity index (χ0) is 13.0. The number of likely N-dealkylation sites (N-methyl/N-ethyl adjacent to an activating group) is 1. The van der Waals surface area contributed by atoms with Crippen LogP contribution >= 0.6 is 0 Å². The molecule has 0 atom stereocenters. The maximum Gasteiger partial charge on any atom is 0.236 e. The van der Waals surface area contributed by atoms with E-state index in [9.17, 15) is 9.59 Å². The van der Waals surface area contributed by atoms with E-state index in [2.05, 4.69) is 4.90 Å². The van der Waals surface area contributed by atoms with Gasteiger partial charge in [-0.2, -0.15) is 0 Å². The Hall–Kier alpha value is -0.900. The van der Waals surface area contributed by atoms with E-state index in [0.29, 0.717) is 6.54 Å². The molecule has 1 aliphatic rings. The number of nitrogens with zero attached hydrogens (tertiary/aromatic N) is 2. The average Bonchev–Trinajstić information content (AvgIpc) is 2.28. The Morgan fingerprint density at radius 1 is 1.29 bits per heavy atom. The second-order valence-corrected chi connectivity index (χ2v) is 5.26. The lowest BCUT2D eigenvalue weighted by molar-refractivity contribution is -0.133. The van der Waals surface area contributed by atoms with Crippen LogP contribution in [-0.2, 0) is 9.59 Å². The Labute approximate surface area is 104 Å². The molecule has 0 aromatic carbocycles. The van der Waals surface area contributed by atoms with Crippen molar-refractivity contribution < 1.29 is 9.59 Å². The van der Waals surface area contributed by atoms with Gasteiger partial charge in [0, 0.05) is 19.0 Å². The Morgan fingerprint density at radius 3 is 2.24 bits per heavy atom. The van der Waals surface area contributed by atoms with E-state index in [1.54, 1.807) is 11.8 Å².